The lowest BCUT2D eigenvalue weighted by Gasteiger charge is -2.19. The van der Waals surface area contributed by atoms with Crippen LogP contribution < -0.4 is 5.32 Å². The van der Waals surface area contributed by atoms with Crippen molar-refractivity contribution in [1.29, 1.82) is 0 Å². The van der Waals surface area contributed by atoms with Crippen LogP contribution in [0.25, 0.3) is 11.0 Å². The number of para-hydroxylation sites is 1. The van der Waals surface area contributed by atoms with Crippen LogP contribution in [0.15, 0.2) is 18.2 Å². The van der Waals surface area contributed by atoms with Crippen LogP contribution in [0.4, 0.5) is 4.39 Å². The average Bonchev–Trinajstić information content (AvgIpc) is 3.04. The minimum absolute atomic E-state index is 0.217. The lowest BCUT2D eigenvalue weighted by Crippen LogP contribution is -2.23. The molecule has 2 saturated heterocycles. The summed E-state index contributed by atoms with van der Waals surface area (Å²) in [6.07, 6.45) is 3.64. The van der Waals surface area contributed by atoms with Crippen molar-refractivity contribution >= 4 is 11.0 Å². The Morgan fingerprint density at radius 1 is 1.39 bits per heavy atom. The predicted molar refractivity (Wildman–Crippen MR) is 68.0 cm³/mol. The van der Waals surface area contributed by atoms with Crippen LogP contribution in [0.2, 0.25) is 0 Å². The third-order valence-electron chi connectivity index (χ3n) is 4.53. The van der Waals surface area contributed by atoms with Crippen molar-refractivity contribution in [3.63, 3.8) is 0 Å². The van der Waals surface area contributed by atoms with Crippen molar-refractivity contribution in [1.82, 2.24) is 14.9 Å². The second-order valence-corrected chi connectivity index (χ2v) is 5.53. The lowest BCUT2D eigenvalue weighted by molar-refractivity contribution is 0.478. The second kappa shape index (κ2) is 3.54. The van der Waals surface area contributed by atoms with E-state index >= 15 is 0 Å². The normalized spacial score (nSPS) is 30.4. The number of nitrogens with one attached hydrogen (secondary N) is 1. The fourth-order valence-electron chi connectivity index (χ4n) is 3.64. The third-order valence-corrected chi connectivity index (χ3v) is 4.53. The molecule has 2 fully saturated rings. The van der Waals surface area contributed by atoms with E-state index in [-0.39, 0.29) is 5.82 Å². The van der Waals surface area contributed by atoms with Crippen molar-refractivity contribution in [3.05, 3.63) is 29.8 Å². The van der Waals surface area contributed by atoms with Crippen LogP contribution in [0.5, 0.6) is 0 Å². The smallest absolute Gasteiger partial charge is 0.151 e. The number of aromatic nitrogens is 2. The summed E-state index contributed by atoms with van der Waals surface area (Å²) in [6, 6.07) is 6.36. The van der Waals surface area contributed by atoms with Gasteiger partial charge in [-0.25, -0.2) is 9.37 Å². The number of rotatable bonds is 1. The molecule has 3 nitrogen and oxygen atoms in total. The van der Waals surface area contributed by atoms with Crippen molar-refractivity contribution in [2.24, 2.45) is 7.05 Å². The fraction of sp³-hybridized carbons (Fsp3) is 0.500. The first-order valence-corrected chi connectivity index (χ1v) is 6.61. The van der Waals surface area contributed by atoms with E-state index < -0.39 is 0 Å². The van der Waals surface area contributed by atoms with Crippen molar-refractivity contribution < 1.29 is 4.39 Å². The molecule has 1 aromatic carbocycles. The summed E-state index contributed by atoms with van der Waals surface area (Å²) in [5, 5.41) is 3.62. The summed E-state index contributed by atoms with van der Waals surface area (Å²) < 4.78 is 15.8. The van der Waals surface area contributed by atoms with Crippen molar-refractivity contribution in [3.8, 4) is 0 Å². The molecule has 1 aromatic heterocycles. The van der Waals surface area contributed by atoms with E-state index in [0.29, 0.717) is 23.5 Å². The average molecular weight is 245 g/mol. The van der Waals surface area contributed by atoms with E-state index in [0.717, 1.165) is 17.8 Å². The molecule has 1 N–H and O–H groups in total. The Bertz CT molecular complexity index is 619. The third kappa shape index (κ3) is 1.29. The van der Waals surface area contributed by atoms with Crippen LogP contribution in [0, 0.1) is 5.82 Å². The van der Waals surface area contributed by atoms with Crippen LogP contribution in [-0.4, -0.2) is 21.6 Å². The Balaban J connectivity index is 1.86. The van der Waals surface area contributed by atoms with Crippen molar-refractivity contribution in [2.45, 2.75) is 37.3 Å². The van der Waals surface area contributed by atoms with Gasteiger partial charge in [0.15, 0.2) is 5.82 Å². The minimum Gasteiger partial charge on any atom is -0.331 e. The molecule has 2 bridgehead atoms. The number of halogens is 1. The molecule has 0 saturated carbocycles. The van der Waals surface area contributed by atoms with Gasteiger partial charge < -0.3 is 9.88 Å². The Kier molecular flexibility index (Phi) is 2.07. The summed E-state index contributed by atoms with van der Waals surface area (Å²) in [4.78, 5) is 4.56. The zero-order chi connectivity index (χ0) is 12.3. The summed E-state index contributed by atoms with van der Waals surface area (Å²) in [5.74, 6) is 1.26. The van der Waals surface area contributed by atoms with Gasteiger partial charge in [0.05, 0.1) is 5.52 Å². The molecular weight excluding hydrogens is 229 g/mol. The highest BCUT2D eigenvalue weighted by Gasteiger charge is 2.41. The van der Waals surface area contributed by atoms with Gasteiger partial charge in [-0.15, -0.1) is 0 Å². The Morgan fingerprint density at radius 3 is 2.94 bits per heavy atom. The topological polar surface area (TPSA) is 29.9 Å². The van der Waals surface area contributed by atoms with E-state index in [2.05, 4.69) is 14.9 Å². The molecule has 0 amide bonds. The van der Waals surface area contributed by atoms with Gasteiger partial charge in [-0.2, -0.15) is 0 Å². The van der Waals surface area contributed by atoms with Crippen LogP contribution in [-0.2, 0) is 7.05 Å². The van der Waals surface area contributed by atoms with Gasteiger partial charge in [0.1, 0.15) is 11.3 Å². The SMILES string of the molecule is Cn1c(C2CC3CCC2N3)nc2c(F)cccc21. The summed E-state index contributed by atoms with van der Waals surface area (Å²) >= 11 is 0. The Labute approximate surface area is 105 Å². The highest BCUT2D eigenvalue weighted by Crippen LogP contribution is 2.40. The van der Waals surface area contributed by atoms with E-state index in [1.807, 2.05) is 13.1 Å². The van der Waals surface area contributed by atoms with Crippen LogP contribution in [0.3, 0.4) is 0 Å². The monoisotopic (exact) mass is 245 g/mol. The van der Waals surface area contributed by atoms with E-state index in [1.165, 1.54) is 18.9 Å². The number of benzene rings is 1. The minimum atomic E-state index is -0.217. The Morgan fingerprint density at radius 2 is 2.28 bits per heavy atom. The number of aryl methyl sites for hydroxylation is 1. The molecular formula is C14H16FN3. The molecule has 3 unspecified atom stereocenters. The van der Waals surface area contributed by atoms with E-state index in [1.54, 1.807) is 6.07 Å². The van der Waals surface area contributed by atoms with Crippen LogP contribution >= 0.6 is 0 Å². The first-order chi connectivity index (χ1) is 8.74. The molecule has 3 heterocycles. The number of hydrogen-bond donors (Lipinski definition) is 1. The molecule has 2 aliphatic rings. The fourth-order valence-corrected chi connectivity index (χ4v) is 3.64. The van der Waals surface area contributed by atoms with Gasteiger partial charge in [0, 0.05) is 25.0 Å². The largest absolute Gasteiger partial charge is 0.331 e. The maximum atomic E-state index is 13.8. The zero-order valence-corrected chi connectivity index (χ0v) is 10.4. The van der Waals surface area contributed by atoms with E-state index in [4.69, 9.17) is 0 Å². The van der Waals surface area contributed by atoms with Crippen LogP contribution in [0.1, 0.15) is 31.0 Å². The van der Waals surface area contributed by atoms with Gasteiger partial charge in [-0.05, 0) is 31.4 Å². The summed E-state index contributed by atoms with van der Waals surface area (Å²) in [7, 11) is 2.00. The summed E-state index contributed by atoms with van der Waals surface area (Å²) in [6.45, 7) is 0. The molecule has 18 heavy (non-hydrogen) atoms. The zero-order valence-electron chi connectivity index (χ0n) is 10.4. The van der Waals surface area contributed by atoms with Gasteiger partial charge in [0.25, 0.3) is 0 Å². The quantitative estimate of drug-likeness (QED) is 0.835. The number of nitrogens with zero attached hydrogens (tertiary/aromatic N) is 2. The molecule has 4 rings (SSSR count). The molecule has 0 spiro atoms. The standard InChI is InChI=1S/C14H16FN3/c1-18-12-4-2-3-10(15)13(12)17-14(18)9-7-8-5-6-11(9)16-8/h2-4,8-9,11,16H,5-7H2,1H3. The molecule has 3 atom stereocenters. The Hall–Kier alpha value is -1.42. The maximum Gasteiger partial charge on any atom is 0.151 e. The number of imidazole rings is 1. The highest BCUT2D eigenvalue weighted by molar-refractivity contribution is 5.76. The van der Waals surface area contributed by atoms with E-state index in [9.17, 15) is 4.39 Å². The molecule has 2 aromatic rings. The predicted octanol–water partition coefficient (Wildman–Crippen LogP) is 2.32. The first kappa shape index (κ1) is 10.5. The molecule has 0 aliphatic carbocycles. The number of hydrogen-bond acceptors (Lipinski definition) is 2. The first-order valence-electron chi connectivity index (χ1n) is 6.61. The number of fused-ring (bicyclic) bond motifs is 3. The molecule has 94 valence electrons. The van der Waals surface area contributed by atoms with Crippen molar-refractivity contribution in [2.75, 3.05) is 0 Å². The van der Waals surface area contributed by atoms with Gasteiger partial charge in [-0.1, -0.05) is 6.07 Å². The van der Waals surface area contributed by atoms with Gasteiger partial charge in [0.2, 0.25) is 0 Å². The molecule has 2 aliphatic heterocycles. The van der Waals surface area contributed by atoms with Gasteiger partial charge in [-0.3, -0.25) is 0 Å². The second-order valence-electron chi connectivity index (χ2n) is 5.53. The maximum absolute atomic E-state index is 13.8. The summed E-state index contributed by atoms with van der Waals surface area (Å²) in [5.41, 5.74) is 1.41. The highest BCUT2D eigenvalue weighted by atomic mass is 19.1. The molecule has 0 radical (unpaired) electrons. The molecule has 4 heteroatoms. The lowest BCUT2D eigenvalue weighted by atomic mass is 9.88. The van der Waals surface area contributed by atoms with Gasteiger partial charge >= 0.3 is 0 Å².